The molecule has 0 atom stereocenters. The Morgan fingerprint density at radius 2 is 1.72 bits per heavy atom. The fraction of sp³-hybridized carbons (Fsp3) is 0.217. The van der Waals surface area contributed by atoms with E-state index in [0.717, 1.165) is 30.2 Å². The largest absolute Gasteiger partial charge is 0.497 e. The quantitative estimate of drug-likeness (QED) is 0.721. The molecule has 0 bridgehead atoms. The average Bonchev–Trinajstić information content (AvgIpc) is 2.80. The number of pyridine rings is 1. The Kier molecular flexibility index (Phi) is 5.61. The van der Waals surface area contributed by atoms with E-state index in [2.05, 4.69) is 27.3 Å². The van der Waals surface area contributed by atoms with Crippen LogP contribution >= 0.6 is 0 Å². The predicted octanol–water partition coefficient (Wildman–Crippen LogP) is 3.80. The van der Waals surface area contributed by atoms with Crippen LogP contribution in [0.4, 0.5) is 17.1 Å². The topological polar surface area (TPSA) is 57.7 Å². The lowest BCUT2D eigenvalue weighted by Gasteiger charge is -2.36. The SMILES string of the molecule is COc1cccc(Nc2ccc(C(=O)N3CCN(c4ccccc4)CC3)nc2)c1. The maximum Gasteiger partial charge on any atom is 0.272 e. The van der Waals surface area contributed by atoms with Crippen molar-refractivity contribution in [3.63, 3.8) is 0 Å². The lowest BCUT2D eigenvalue weighted by molar-refractivity contribution is 0.0741. The van der Waals surface area contributed by atoms with Crippen molar-refractivity contribution < 1.29 is 9.53 Å². The number of rotatable bonds is 5. The van der Waals surface area contributed by atoms with Crippen LogP contribution in [0.2, 0.25) is 0 Å². The molecule has 0 unspecified atom stereocenters. The Balaban J connectivity index is 1.36. The van der Waals surface area contributed by atoms with Gasteiger partial charge in [-0.15, -0.1) is 0 Å². The normalized spacial score (nSPS) is 13.8. The average molecular weight is 388 g/mol. The number of benzene rings is 2. The summed E-state index contributed by atoms with van der Waals surface area (Å²) in [6.07, 6.45) is 1.69. The molecule has 3 aromatic rings. The first-order chi connectivity index (χ1) is 14.2. The molecule has 6 heteroatoms. The summed E-state index contributed by atoms with van der Waals surface area (Å²) in [6, 6.07) is 21.6. The molecule has 148 valence electrons. The fourth-order valence-electron chi connectivity index (χ4n) is 3.43. The standard InChI is InChI=1S/C23H24N4O2/c1-29-21-9-5-6-18(16-21)25-19-10-11-22(24-17-19)23(28)27-14-12-26(13-15-27)20-7-3-2-4-8-20/h2-11,16-17,25H,12-15H2,1H3. The third-order valence-electron chi connectivity index (χ3n) is 5.03. The summed E-state index contributed by atoms with van der Waals surface area (Å²) in [4.78, 5) is 21.4. The van der Waals surface area contributed by atoms with Gasteiger partial charge in [0.25, 0.3) is 5.91 Å². The molecule has 6 nitrogen and oxygen atoms in total. The highest BCUT2D eigenvalue weighted by atomic mass is 16.5. The smallest absolute Gasteiger partial charge is 0.272 e. The highest BCUT2D eigenvalue weighted by molar-refractivity contribution is 5.92. The molecule has 29 heavy (non-hydrogen) atoms. The highest BCUT2D eigenvalue weighted by Crippen LogP contribution is 2.21. The van der Waals surface area contributed by atoms with Gasteiger partial charge in [-0.25, -0.2) is 4.98 Å². The molecule has 1 aliphatic heterocycles. The molecule has 0 radical (unpaired) electrons. The summed E-state index contributed by atoms with van der Waals surface area (Å²) in [5.74, 6) is 0.759. The van der Waals surface area contributed by atoms with E-state index in [1.54, 1.807) is 19.4 Å². The molecular weight excluding hydrogens is 364 g/mol. The molecule has 1 aromatic heterocycles. The number of para-hydroxylation sites is 1. The first-order valence-electron chi connectivity index (χ1n) is 9.69. The van der Waals surface area contributed by atoms with Crippen LogP contribution in [0.3, 0.4) is 0 Å². The Hall–Kier alpha value is -3.54. The van der Waals surface area contributed by atoms with Crippen molar-refractivity contribution in [1.82, 2.24) is 9.88 Å². The van der Waals surface area contributed by atoms with Crippen LogP contribution in [0.5, 0.6) is 5.75 Å². The van der Waals surface area contributed by atoms with Crippen molar-refractivity contribution in [2.24, 2.45) is 0 Å². The van der Waals surface area contributed by atoms with Crippen LogP contribution in [-0.4, -0.2) is 49.1 Å². The predicted molar refractivity (Wildman–Crippen MR) is 115 cm³/mol. The summed E-state index contributed by atoms with van der Waals surface area (Å²) in [7, 11) is 1.64. The zero-order chi connectivity index (χ0) is 20.1. The van der Waals surface area contributed by atoms with Crippen molar-refractivity contribution >= 4 is 23.0 Å². The van der Waals surface area contributed by atoms with E-state index < -0.39 is 0 Å². The summed E-state index contributed by atoms with van der Waals surface area (Å²) in [5.41, 5.74) is 3.39. The summed E-state index contributed by atoms with van der Waals surface area (Å²) < 4.78 is 5.24. The number of ether oxygens (including phenoxy) is 1. The highest BCUT2D eigenvalue weighted by Gasteiger charge is 2.23. The van der Waals surface area contributed by atoms with Gasteiger partial charge in [-0.05, 0) is 36.4 Å². The third kappa shape index (κ3) is 4.48. The van der Waals surface area contributed by atoms with Crippen molar-refractivity contribution in [2.45, 2.75) is 0 Å². The number of nitrogens with zero attached hydrogens (tertiary/aromatic N) is 3. The van der Waals surface area contributed by atoms with Crippen LogP contribution in [0.15, 0.2) is 72.9 Å². The molecule has 4 rings (SSSR count). The molecule has 0 spiro atoms. The van der Waals surface area contributed by atoms with Crippen molar-refractivity contribution in [3.8, 4) is 5.75 Å². The van der Waals surface area contributed by atoms with E-state index in [9.17, 15) is 4.79 Å². The molecule has 0 saturated carbocycles. The molecule has 2 heterocycles. The van der Waals surface area contributed by atoms with Gasteiger partial charge in [-0.3, -0.25) is 4.79 Å². The van der Waals surface area contributed by atoms with Crippen LogP contribution in [0, 0.1) is 0 Å². The monoisotopic (exact) mass is 388 g/mol. The first kappa shape index (κ1) is 18.8. The van der Waals surface area contributed by atoms with Gasteiger partial charge in [0.05, 0.1) is 19.0 Å². The van der Waals surface area contributed by atoms with Crippen LogP contribution in [0.25, 0.3) is 0 Å². The minimum atomic E-state index is -0.0226. The van der Waals surface area contributed by atoms with Crippen molar-refractivity contribution in [2.75, 3.05) is 43.5 Å². The van der Waals surface area contributed by atoms with Gasteiger partial charge in [-0.2, -0.15) is 0 Å². The van der Waals surface area contributed by atoms with Gasteiger partial charge in [0.1, 0.15) is 11.4 Å². The minimum Gasteiger partial charge on any atom is -0.497 e. The summed E-state index contributed by atoms with van der Waals surface area (Å²) >= 11 is 0. The molecule has 2 aromatic carbocycles. The second kappa shape index (κ2) is 8.65. The maximum absolute atomic E-state index is 12.8. The fourth-order valence-corrected chi connectivity index (χ4v) is 3.43. The second-order valence-corrected chi connectivity index (χ2v) is 6.90. The number of amides is 1. The van der Waals surface area contributed by atoms with Gasteiger partial charge in [-0.1, -0.05) is 24.3 Å². The number of carbonyl (C=O) groups excluding carboxylic acids is 1. The number of anilines is 3. The number of piperazine rings is 1. The number of methoxy groups -OCH3 is 1. The van der Waals surface area contributed by atoms with E-state index in [4.69, 9.17) is 4.74 Å². The first-order valence-corrected chi connectivity index (χ1v) is 9.69. The Morgan fingerprint density at radius 1 is 0.931 bits per heavy atom. The minimum absolute atomic E-state index is 0.0226. The van der Waals surface area contributed by atoms with Gasteiger partial charge in [0, 0.05) is 43.6 Å². The number of hydrogen-bond acceptors (Lipinski definition) is 5. The molecule has 0 aliphatic carbocycles. The van der Waals surface area contributed by atoms with Gasteiger partial charge >= 0.3 is 0 Å². The molecule has 1 N–H and O–H groups in total. The number of carbonyl (C=O) groups is 1. The van der Waals surface area contributed by atoms with Crippen molar-refractivity contribution in [1.29, 1.82) is 0 Å². The Morgan fingerprint density at radius 3 is 2.41 bits per heavy atom. The van der Waals surface area contributed by atoms with Gasteiger partial charge < -0.3 is 19.9 Å². The second-order valence-electron chi connectivity index (χ2n) is 6.90. The zero-order valence-electron chi connectivity index (χ0n) is 16.4. The van der Waals surface area contributed by atoms with E-state index in [-0.39, 0.29) is 5.91 Å². The van der Waals surface area contributed by atoms with Crippen LogP contribution in [-0.2, 0) is 0 Å². The summed E-state index contributed by atoms with van der Waals surface area (Å²) in [5, 5.41) is 3.27. The number of nitrogens with one attached hydrogen (secondary N) is 1. The van der Waals surface area contributed by atoms with E-state index in [1.807, 2.05) is 53.4 Å². The van der Waals surface area contributed by atoms with Crippen LogP contribution < -0.4 is 15.0 Å². The van der Waals surface area contributed by atoms with Gasteiger partial charge in [0.15, 0.2) is 0 Å². The van der Waals surface area contributed by atoms with E-state index >= 15 is 0 Å². The Labute approximate surface area is 170 Å². The third-order valence-corrected chi connectivity index (χ3v) is 5.03. The Bertz CT molecular complexity index is 952. The zero-order valence-corrected chi connectivity index (χ0v) is 16.4. The number of hydrogen-bond donors (Lipinski definition) is 1. The van der Waals surface area contributed by atoms with Crippen molar-refractivity contribution in [3.05, 3.63) is 78.6 Å². The van der Waals surface area contributed by atoms with E-state index in [1.165, 1.54) is 5.69 Å². The van der Waals surface area contributed by atoms with Crippen LogP contribution in [0.1, 0.15) is 10.5 Å². The molecular formula is C23H24N4O2. The molecule has 1 aliphatic rings. The molecule has 1 saturated heterocycles. The lowest BCUT2D eigenvalue weighted by atomic mass is 10.2. The van der Waals surface area contributed by atoms with E-state index in [0.29, 0.717) is 18.8 Å². The number of aromatic nitrogens is 1. The molecule has 1 fully saturated rings. The molecule has 1 amide bonds. The maximum atomic E-state index is 12.8. The van der Waals surface area contributed by atoms with Gasteiger partial charge in [0.2, 0.25) is 0 Å². The summed E-state index contributed by atoms with van der Waals surface area (Å²) in [6.45, 7) is 3.04. The lowest BCUT2D eigenvalue weighted by Crippen LogP contribution is -2.49.